The number of esters is 1. The second-order valence-corrected chi connectivity index (χ2v) is 12.5. The van der Waals surface area contributed by atoms with Crippen LogP contribution in [-0.2, 0) is 9.53 Å². The number of fused-ring (bicyclic) bond motifs is 1. The first-order chi connectivity index (χ1) is 21.4. The molecule has 0 N–H and O–H groups in total. The largest absolute Gasteiger partial charge is 0.573 e. The Bertz CT molecular complexity index is 1420. The van der Waals surface area contributed by atoms with Gasteiger partial charge in [0.05, 0.1) is 24.2 Å². The standard InChI is InChI=1S/C35H46F3NO6/c1-25(2)20-21-34(3,4)33(41)43-23-15-11-9-7-5-6-8-10-14-22-42-30-19-18-26-24-28(32(40)44-31(26)39-30)27-16-12-13-17-29(27)45-35(36,37)38/h12-13,16-19,24-25H,5-11,14-15,20-23H2,1-4H3. The normalized spacial score (nSPS) is 12.1. The van der Waals surface area contributed by atoms with Crippen LogP contribution < -0.4 is 15.1 Å². The first-order valence-corrected chi connectivity index (χ1v) is 16.0. The molecule has 0 radical (unpaired) electrons. The fraction of sp³-hybridized carbons (Fsp3) is 0.571. The maximum absolute atomic E-state index is 12.8. The molecule has 0 amide bonds. The number of alkyl halides is 3. The molecule has 0 aliphatic heterocycles. The second kappa shape index (κ2) is 17.2. The first kappa shape index (κ1) is 35.9. The number of carbonyl (C=O) groups is 1. The summed E-state index contributed by atoms with van der Waals surface area (Å²) in [6, 6.07) is 10.1. The van der Waals surface area contributed by atoms with Crippen LogP contribution in [0.15, 0.2) is 51.7 Å². The smallest absolute Gasteiger partial charge is 0.478 e. The molecular formula is C35H46F3NO6. The van der Waals surface area contributed by atoms with Crippen molar-refractivity contribution in [2.75, 3.05) is 13.2 Å². The molecule has 0 spiro atoms. The number of ether oxygens (including phenoxy) is 3. The lowest BCUT2D eigenvalue weighted by molar-refractivity contribution is -0.274. The molecule has 0 aliphatic carbocycles. The van der Waals surface area contributed by atoms with Gasteiger partial charge >= 0.3 is 18.0 Å². The van der Waals surface area contributed by atoms with Crippen molar-refractivity contribution in [1.82, 2.24) is 4.98 Å². The van der Waals surface area contributed by atoms with Gasteiger partial charge in [-0.3, -0.25) is 4.79 Å². The minimum Gasteiger partial charge on any atom is -0.478 e. The molecular weight excluding hydrogens is 587 g/mol. The van der Waals surface area contributed by atoms with Crippen molar-refractivity contribution in [2.45, 2.75) is 105 Å². The topological polar surface area (TPSA) is 87.9 Å². The Morgan fingerprint density at radius 2 is 1.49 bits per heavy atom. The zero-order chi connectivity index (χ0) is 32.9. The van der Waals surface area contributed by atoms with Crippen molar-refractivity contribution in [1.29, 1.82) is 0 Å². The van der Waals surface area contributed by atoms with E-state index >= 15 is 0 Å². The van der Waals surface area contributed by atoms with E-state index in [1.807, 2.05) is 13.8 Å². The number of unbranched alkanes of at least 4 members (excludes halogenated alkanes) is 8. The molecule has 0 saturated heterocycles. The highest BCUT2D eigenvalue weighted by atomic mass is 19.4. The SMILES string of the molecule is CC(C)CCC(C)(C)C(=O)OCCCCCCCCCCCOc1ccc2cc(-c3ccccc3OC(F)(F)F)c(=O)oc2n1. The summed E-state index contributed by atoms with van der Waals surface area (Å²) in [4.78, 5) is 29.2. The predicted octanol–water partition coefficient (Wildman–Crippen LogP) is 9.65. The summed E-state index contributed by atoms with van der Waals surface area (Å²) < 4.78 is 59.1. The van der Waals surface area contributed by atoms with Gasteiger partial charge in [0.1, 0.15) is 5.75 Å². The summed E-state index contributed by atoms with van der Waals surface area (Å²) in [5.74, 6) is 0.310. The fourth-order valence-corrected chi connectivity index (χ4v) is 4.88. The molecule has 248 valence electrons. The van der Waals surface area contributed by atoms with E-state index in [0.29, 0.717) is 30.4 Å². The number of hydrogen-bond acceptors (Lipinski definition) is 7. The first-order valence-electron chi connectivity index (χ1n) is 16.0. The van der Waals surface area contributed by atoms with Gasteiger partial charge < -0.3 is 18.6 Å². The maximum Gasteiger partial charge on any atom is 0.573 e. The van der Waals surface area contributed by atoms with Crippen LogP contribution in [0.2, 0.25) is 0 Å². The van der Waals surface area contributed by atoms with Crippen molar-refractivity contribution in [3.8, 4) is 22.8 Å². The zero-order valence-electron chi connectivity index (χ0n) is 26.8. The highest BCUT2D eigenvalue weighted by molar-refractivity contribution is 5.81. The van der Waals surface area contributed by atoms with Gasteiger partial charge in [0.15, 0.2) is 0 Å². The van der Waals surface area contributed by atoms with E-state index in [2.05, 4.69) is 23.6 Å². The van der Waals surface area contributed by atoms with Crippen LogP contribution in [0.3, 0.4) is 0 Å². The summed E-state index contributed by atoms with van der Waals surface area (Å²) >= 11 is 0. The number of benzene rings is 1. The average molecular weight is 634 g/mol. The van der Waals surface area contributed by atoms with Gasteiger partial charge in [-0.05, 0) is 63.6 Å². The Morgan fingerprint density at radius 3 is 2.13 bits per heavy atom. The molecule has 0 fully saturated rings. The van der Waals surface area contributed by atoms with E-state index < -0.39 is 23.2 Å². The van der Waals surface area contributed by atoms with Crippen LogP contribution >= 0.6 is 0 Å². The van der Waals surface area contributed by atoms with Crippen molar-refractivity contribution in [2.24, 2.45) is 11.3 Å². The summed E-state index contributed by atoms with van der Waals surface area (Å²) in [5.41, 5.74) is -1.29. The quantitative estimate of drug-likeness (QED) is 0.0959. The van der Waals surface area contributed by atoms with E-state index in [0.717, 1.165) is 63.9 Å². The molecule has 0 saturated carbocycles. The van der Waals surface area contributed by atoms with Crippen LogP contribution in [0.25, 0.3) is 22.2 Å². The molecule has 2 heterocycles. The monoisotopic (exact) mass is 633 g/mol. The third-order valence-corrected chi connectivity index (χ3v) is 7.65. The Kier molecular flexibility index (Phi) is 13.7. The van der Waals surface area contributed by atoms with Crippen molar-refractivity contribution in [3.63, 3.8) is 0 Å². The third kappa shape index (κ3) is 12.4. The molecule has 0 bridgehead atoms. The van der Waals surface area contributed by atoms with Gasteiger partial charge in [-0.15, -0.1) is 13.2 Å². The number of para-hydroxylation sites is 1. The predicted molar refractivity (Wildman–Crippen MR) is 168 cm³/mol. The summed E-state index contributed by atoms with van der Waals surface area (Å²) in [6.07, 6.45) is 6.55. The molecule has 10 heteroatoms. The average Bonchev–Trinajstić information content (AvgIpc) is 2.97. The van der Waals surface area contributed by atoms with Crippen LogP contribution in [0.4, 0.5) is 13.2 Å². The summed E-state index contributed by atoms with van der Waals surface area (Å²) in [6.45, 7) is 9.23. The van der Waals surface area contributed by atoms with Gasteiger partial charge in [0.2, 0.25) is 11.6 Å². The van der Waals surface area contributed by atoms with E-state index in [4.69, 9.17) is 13.9 Å². The van der Waals surface area contributed by atoms with Gasteiger partial charge in [-0.2, -0.15) is 4.98 Å². The molecule has 3 aromatic rings. The van der Waals surface area contributed by atoms with Crippen LogP contribution in [0.1, 0.15) is 98.3 Å². The van der Waals surface area contributed by atoms with E-state index in [9.17, 15) is 22.8 Å². The molecule has 0 atom stereocenters. The minimum atomic E-state index is -4.90. The molecule has 2 aromatic heterocycles. The van der Waals surface area contributed by atoms with Gasteiger partial charge in [0.25, 0.3) is 0 Å². The highest BCUT2D eigenvalue weighted by Gasteiger charge is 2.32. The number of nitrogens with zero attached hydrogens (tertiary/aromatic N) is 1. The molecule has 45 heavy (non-hydrogen) atoms. The number of carbonyl (C=O) groups excluding carboxylic acids is 1. The van der Waals surface area contributed by atoms with E-state index in [1.165, 1.54) is 37.1 Å². The van der Waals surface area contributed by atoms with Crippen LogP contribution in [-0.4, -0.2) is 30.5 Å². The Balaban J connectivity index is 1.30. The number of hydrogen-bond donors (Lipinski definition) is 0. The number of halogens is 3. The lowest BCUT2D eigenvalue weighted by Gasteiger charge is -2.23. The number of rotatable bonds is 19. The fourth-order valence-electron chi connectivity index (χ4n) is 4.88. The lowest BCUT2D eigenvalue weighted by atomic mass is 9.85. The Morgan fingerprint density at radius 1 is 0.867 bits per heavy atom. The van der Waals surface area contributed by atoms with Crippen molar-refractivity contribution >= 4 is 17.1 Å². The van der Waals surface area contributed by atoms with Gasteiger partial charge in [-0.25, -0.2) is 4.79 Å². The molecule has 0 unspecified atom stereocenters. The molecule has 7 nitrogen and oxygen atoms in total. The minimum absolute atomic E-state index is 0.0273. The van der Waals surface area contributed by atoms with Gasteiger partial charge in [0, 0.05) is 17.0 Å². The third-order valence-electron chi connectivity index (χ3n) is 7.65. The zero-order valence-corrected chi connectivity index (χ0v) is 26.8. The number of aromatic nitrogens is 1. The van der Waals surface area contributed by atoms with Gasteiger partial charge in [-0.1, -0.05) is 77.0 Å². The number of pyridine rings is 1. The van der Waals surface area contributed by atoms with Crippen molar-refractivity contribution < 1.29 is 36.6 Å². The molecule has 1 aromatic carbocycles. The second-order valence-electron chi connectivity index (χ2n) is 12.5. The lowest BCUT2D eigenvalue weighted by Crippen LogP contribution is -2.27. The summed E-state index contributed by atoms with van der Waals surface area (Å²) in [7, 11) is 0. The van der Waals surface area contributed by atoms with E-state index in [-0.39, 0.29) is 22.8 Å². The molecule has 0 aliphatic rings. The molecule has 3 rings (SSSR count). The van der Waals surface area contributed by atoms with Crippen LogP contribution in [0.5, 0.6) is 11.6 Å². The van der Waals surface area contributed by atoms with Crippen molar-refractivity contribution in [3.05, 3.63) is 52.9 Å². The Hall–Kier alpha value is -3.56. The Labute approximate surface area is 263 Å². The summed E-state index contributed by atoms with van der Waals surface area (Å²) in [5, 5.41) is 0.445. The maximum atomic E-state index is 12.8. The van der Waals surface area contributed by atoms with E-state index in [1.54, 1.807) is 12.1 Å². The van der Waals surface area contributed by atoms with Crippen LogP contribution in [0, 0.1) is 11.3 Å². The highest BCUT2D eigenvalue weighted by Crippen LogP contribution is 2.33.